The van der Waals surface area contributed by atoms with Crippen molar-refractivity contribution in [2.24, 2.45) is 0 Å². The van der Waals surface area contributed by atoms with Gasteiger partial charge in [-0.05, 0) is 31.5 Å². The minimum Gasteiger partial charge on any atom is -0.369 e. The maximum absolute atomic E-state index is 3.61. The summed E-state index contributed by atoms with van der Waals surface area (Å²) in [7, 11) is 0. The van der Waals surface area contributed by atoms with Crippen molar-refractivity contribution < 1.29 is 0 Å². The van der Waals surface area contributed by atoms with Crippen LogP contribution in [-0.4, -0.2) is 24.2 Å². The Bertz CT molecular complexity index is 498. The number of rotatable bonds is 5. The summed E-state index contributed by atoms with van der Waals surface area (Å²) in [6.07, 6.45) is 0.353. The Balaban J connectivity index is 2.26. The first-order chi connectivity index (χ1) is 8.76. The van der Waals surface area contributed by atoms with E-state index in [4.69, 9.17) is 0 Å². The topological polar surface area (TPSA) is 15.3 Å². The molecule has 0 aromatic heterocycles. The molecule has 0 aliphatic rings. The van der Waals surface area contributed by atoms with Crippen molar-refractivity contribution in [1.29, 1.82) is 0 Å². The molecule has 2 heteroatoms. The van der Waals surface area contributed by atoms with Gasteiger partial charge in [0.25, 0.3) is 0 Å². The van der Waals surface area contributed by atoms with E-state index in [2.05, 4.69) is 73.5 Å². The minimum atomic E-state index is 0.353. The lowest BCUT2D eigenvalue weighted by atomic mass is 10.1. The van der Waals surface area contributed by atoms with Crippen molar-refractivity contribution in [3.63, 3.8) is 0 Å². The second-order valence-corrected chi connectivity index (χ2v) is 4.57. The van der Waals surface area contributed by atoms with Crippen molar-refractivity contribution in [3.8, 4) is 0 Å². The molecular weight excluding hydrogens is 220 g/mol. The Morgan fingerprint density at radius 3 is 2.39 bits per heavy atom. The van der Waals surface area contributed by atoms with Gasteiger partial charge in [-0.3, -0.25) is 4.90 Å². The predicted octanol–water partition coefficient (Wildman–Crippen LogP) is 3.94. The molecule has 0 fully saturated rings. The van der Waals surface area contributed by atoms with E-state index in [1.807, 2.05) is 0 Å². The van der Waals surface area contributed by atoms with Crippen LogP contribution in [0.15, 0.2) is 42.5 Å². The number of hydrogen-bond donors (Lipinski definition) is 1. The molecule has 2 aromatic carbocycles. The van der Waals surface area contributed by atoms with Crippen LogP contribution in [0.1, 0.15) is 20.8 Å². The zero-order valence-corrected chi connectivity index (χ0v) is 11.5. The summed E-state index contributed by atoms with van der Waals surface area (Å²) in [5.41, 5.74) is 1.22. The number of hydrogen-bond acceptors (Lipinski definition) is 2. The van der Waals surface area contributed by atoms with Gasteiger partial charge in [-0.25, -0.2) is 0 Å². The molecule has 0 radical (unpaired) electrons. The monoisotopic (exact) mass is 242 g/mol. The molecule has 0 spiro atoms. The molecule has 0 saturated carbocycles. The van der Waals surface area contributed by atoms with Crippen LogP contribution in [0.3, 0.4) is 0 Å². The van der Waals surface area contributed by atoms with E-state index in [1.54, 1.807) is 0 Å². The first-order valence-corrected chi connectivity index (χ1v) is 6.74. The molecule has 0 saturated heterocycles. The Morgan fingerprint density at radius 1 is 1.00 bits per heavy atom. The van der Waals surface area contributed by atoms with E-state index in [1.165, 1.54) is 16.5 Å². The molecule has 0 aliphatic carbocycles. The molecule has 2 rings (SSSR count). The summed E-state index contributed by atoms with van der Waals surface area (Å²) in [6, 6.07) is 14.9. The predicted molar refractivity (Wildman–Crippen MR) is 80.0 cm³/mol. The Morgan fingerprint density at radius 2 is 1.67 bits per heavy atom. The normalized spacial score (nSPS) is 12.9. The molecule has 0 aliphatic heterocycles. The summed E-state index contributed by atoms with van der Waals surface area (Å²) in [5, 5.41) is 6.19. The second kappa shape index (κ2) is 5.87. The molecule has 2 nitrogen and oxygen atoms in total. The molecule has 0 heterocycles. The lowest BCUT2D eigenvalue weighted by molar-refractivity contribution is 0.253. The minimum absolute atomic E-state index is 0.353. The molecule has 96 valence electrons. The number of fused-ring (bicyclic) bond motifs is 1. The molecule has 1 atom stereocenters. The molecule has 2 aromatic rings. The highest BCUT2D eigenvalue weighted by atomic mass is 15.3. The van der Waals surface area contributed by atoms with Crippen molar-refractivity contribution in [2.45, 2.75) is 26.9 Å². The van der Waals surface area contributed by atoms with Gasteiger partial charge in [0.1, 0.15) is 0 Å². The quantitative estimate of drug-likeness (QED) is 0.799. The van der Waals surface area contributed by atoms with Crippen molar-refractivity contribution in [3.05, 3.63) is 42.5 Å². The van der Waals surface area contributed by atoms with Gasteiger partial charge in [0.05, 0.1) is 6.17 Å². The molecule has 0 amide bonds. The smallest absolute Gasteiger partial charge is 0.0764 e. The highest BCUT2D eigenvalue weighted by Gasteiger charge is 2.10. The number of nitrogens with one attached hydrogen (secondary N) is 1. The Kier molecular flexibility index (Phi) is 4.21. The van der Waals surface area contributed by atoms with Gasteiger partial charge in [-0.15, -0.1) is 0 Å². The van der Waals surface area contributed by atoms with E-state index < -0.39 is 0 Å². The van der Waals surface area contributed by atoms with Crippen LogP contribution in [0.5, 0.6) is 0 Å². The van der Waals surface area contributed by atoms with Crippen LogP contribution >= 0.6 is 0 Å². The van der Waals surface area contributed by atoms with Gasteiger partial charge in [0.15, 0.2) is 0 Å². The fourth-order valence-corrected chi connectivity index (χ4v) is 2.44. The van der Waals surface area contributed by atoms with Gasteiger partial charge in [-0.1, -0.05) is 50.2 Å². The van der Waals surface area contributed by atoms with Crippen LogP contribution < -0.4 is 5.32 Å². The molecule has 18 heavy (non-hydrogen) atoms. The van der Waals surface area contributed by atoms with E-state index in [0.29, 0.717) is 6.17 Å². The third-order valence-electron chi connectivity index (χ3n) is 3.51. The van der Waals surface area contributed by atoms with Crippen LogP contribution in [-0.2, 0) is 0 Å². The zero-order valence-electron chi connectivity index (χ0n) is 11.5. The zero-order chi connectivity index (χ0) is 13.0. The highest BCUT2D eigenvalue weighted by molar-refractivity contribution is 5.93. The first-order valence-electron chi connectivity index (χ1n) is 6.74. The summed E-state index contributed by atoms with van der Waals surface area (Å²) in [6.45, 7) is 8.75. The van der Waals surface area contributed by atoms with E-state index in [-0.39, 0.29) is 0 Å². The maximum Gasteiger partial charge on any atom is 0.0764 e. The lowest BCUT2D eigenvalue weighted by Crippen LogP contribution is -2.38. The van der Waals surface area contributed by atoms with Crippen LogP contribution in [0, 0.1) is 0 Å². The number of anilines is 1. The summed E-state index contributed by atoms with van der Waals surface area (Å²) in [4.78, 5) is 2.40. The average Bonchev–Trinajstić information content (AvgIpc) is 2.40. The van der Waals surface area contributed by atoms with Crippen molar-refractivity contribution >= 4 is 16.5 Å². The third-order valence-corrected chi connectivity index (χ3v) is 3.51. The van der Waals surface area contributed by atoms with E-state index in [0.717, 1.165) is 13.1 Å². The van der Waals surface area contributed by atoms with Gasteiger partial charge in [-0.2, -0.15) is 0 Å². The average molecular weight is 242 g/mol. The van der Waals surface area contributed by atoms with Crippen molar-refractivity contribution in [1.82, 2.24) is 4.90 Å². The fraction of sp³-hybridized carbons (Fsp3) is 0.375. The first kappa shape index (κ1) is 12.9. The van der Waals surface area contributed by atoms with Gasteiger partial charge >= 0.3 is 0 Å². The summed E-state index contributed by atoms with van der Waals surface area (Å²) < 4.78 is 0. The van der Waals surface area contributed by atoms with E-state index in [9.17, 15) is 0 Å². The van der Waals surface area contributed by atoms with Crippen LogP contribution in [0.25, 0.3) is 10.8 Å². The van der Waals surface area contributed by atoms with Crippen molar-refractivity contribution in [2.75, 3.05) is 18.4 Å². The maximum atomic E-state index is 3.61. The largest absolute Gasteiger partial charge is 0.369 e. The lowest BCUT2D eigenvalue weighted by Gasteiger charge is -2.28. The van der Waals surface area contributed by atoms with Gasteiger partial charge in [0, 0.05) is 11.1 Å². The van der Waals surface area contributed by atoms with Gasteiger partial charge in [0.2, 0.25) is 0 Å². The molecule has 1 N–H and O–H groups in total. The summed E-state index contributed by atoms with van der Waals surface area (Å²) >= 11 is 0. The molecular formula is C16H22N2. The Hall–Kier alpha value is -1.54. The van der Waals surface area contributed by atoms with E-state index >= 15 is 0 Å². The Labute approximate surface area is 110 Å². The van der Waals surface area contributed by atoms with Crippen LogP contribution in [0.4, 0.5) is 5.69 Å². The van der Waals surface area contributed by atoms with Crippen LogP contribution in [0.2, 0.25) is 0 Å². The fourth-order valence-electron chi connectivity index (χ4n) is 2.44. The number of benzene rings is 2. The highest BCUT2D eigenvalue weighted by Crippen LogP contribution is 2.23. The standard InChI is InChI=1S/C16H22N2/c1-4-18(5-2)13(3)17-16-12-8-10-14-9-6-7-11-15(14)16/h6-13,17H,4-5H2,1-3H3. The third kappa shape index (κ3) is 2.65. The molecule has 0 bridgehead atoms. The number of nitrogens with zero attached hydrogens (tertiary/aromatic N) is 1. The SMILES string of the molecule is CCN(CC)C(C)Nc1cccc2ccccc12. The summed E-state index contributed by atoms with van der Waals surface area (Å²) in [5.74, 6) is 0. The van der Waals surface area contributed by atoms with Gasteiger partial charge < -0.3 is 5.32 Å². The second-order valence-electron chi connectivity index (χ2n) is 4.57. The molecule has 1 unspecified atom stereocenters.